The summed E-state index contributed by atoms with van der Waals surface area (Å²) in [7, 11) is 0. The van der Waals surface area contributed by atoms with Gasteiger partial charge in [-0.25, -0.2) is 0 Å². The second-order valence-electron chi connectivity index (χ2n) is 32.5. The van der Waals surface area contributed by atoms with Crippen LogP contribution in [0.1, 0.15) is 124 Å². The van der Waals surface area contributed by atoms with Crippen molar-refractivity contribution in [2.24, 2.45) is 53.1 Å². The molecule has 0 aliphatic carbocycles. The van der Waals surface area contributed by atoms with Crippen molar-refractivity contribution in [2.75, 3.05) is 211 Å². The van der Waals surface area contributed by atoms with Gasteiger partial charge in [-0.3, -0.25) is 67.1 Å². The third-order valence-electron chi connectivity index (χ3n) is 22.4. The minimum atomic E-state index is -1.52. The van der Waals surface area contributed by atoms with Crippen molar-refractivity contribution in [1.82, 2.24) is 52.3 Å². The Hall–Kier alpha value is -8.10. The van der Waals surface area contributed by atoms with Crippen LogP contribution in [0.25, 0.3) is 0 Å². The van der Waals surface area contributed by atoms with Crippen molar-refractivity contribution in [3.8, 4) is 0 Å². The lowest BCUT2D eigenvalue weighted by Crippen LogP contribution is -2.58. The molecule has 4 aliphatic rings. The molecule has 746 valence electrons. The predicted molar refractivity (Wildman–Crippen MR) is 458 cm³/mol. The Morgan fingerprint density at radius 2 is 0.500 bits per heavy atom. The highest BCUT2D eigenvalue weighted by molar-refractivity contribution is 5.92. The molecular formula is C85H147N11O34. The van der Waals surface area contributed by atoms with Crippen LogP contribution in [0.3, 0.4) is 0 Å². The van der Waals surface area contributed by atoms with Crippen molar-refractivity contribution in [3.05, 3.63) is 0 Å². The first-order valence-corrected chi connectivity index (χ1v) is 44.6. The third kappa shape index (κ3) is 45.6. The zero-order valence-corrected chi connectivity index (χ0v) is 78.5. The summed E-state index contributed by atoms with van der Waals surface area (Å²) in [5.74, 6) is -8.12. The number of carbonyl (C=O) groups is 14. The van der Waals surface area contributed by atoms with Gasteiger partial charge in [-0.15, -0.1) is 0 Å². The van der Waals surface area contributed by atoms with Crippen LogP contribution in [-0.4, -0.2) is 383 Å². The van der Waals surface area contributed by atoms with Crippen LogP contribution in [0.4, 0.5) is 0 Å². The van der Waals surface area contributed by atoms with Crippen LogP contribution in [0.5, 0.6) is 0 Å². The maximum Gasteiger partial charge on any atom is 0.302 e. The van der Waals surface area contributed by atoms with Gasteiger partial charge in [0, 0.05) is 88.0 Å². The summed E-state index contributed by atoms with van der Waals surface area (Å²) in [6.07, 6.45) is -6.24. The first kappa shape index (κ1) is 114. The van der Waals surface area contributed by atoms with Crippen LogP contribution in [-0.2, 0) is 162 Å². The molecule has 10 amide bonds. The topological polar surface area (TPSA) is 552 Å². The van der Waals surface area contributed by atoms with Gasteiger partial charge < -0.3 is 153 Å². The second kappa shape index (κ2) is 63.9. The highest BCUT2D eigenvalue weighted by Gasteiger charge is 2.47. The van der Waals surface area contributed by atoms with Crippen LogP contribution in [0.2, 0.25) is 0 Å². The molecule has 21 atom stereocenters. The van der Waals surface area contributed by atoms with Crippen LogP contribution in [0.15, 0.2) is 0 Å². The Balaban J connectivity index is 1.36. The average molecular weight is 1870 g/mol. The molecule has 21 unspecified atom stereocenters. The molecule has 0 aromatic carbocycles. The van der Waals surface area contributed by atoms with Gasteiger partial charge in [0.15, 0.2) is 25.2 Å². The van der Waals surface area contributed by atoms with Crippen molar-refractivity contribution in [2.45, 2.75) is 203 Å². The summed E-state index contributed by atoms with van der Waals surface area (Å²) in [6, 6.07) is -3.47. The number of hydrogen-bond donors (Lipinski definition) is 9. The lowest BCUT2D eigenvalue weighted by molar-refractivity contribution is -0.247. The number of nitrogens with two attached hydrogens (primary N) is 1. The maximum atomic E-state index is 14.3. The lowest BCUT2D eigenvalue weighted by atomic mass is 9.82. The smallest absolute Gasteiger partial charge is 0.302 e. The summed E-state index contributed by atoms with van der Waals surface area (Å²) in [5.41, 5.74) is 6.50. The molecule has 45 nitrogen and oxygen atoms in total. The molecular weight excluding hydrogens is 1720 g/mol. The summed E-state index contributed by atoms with van der Waals surface area (Å²) < 4.78 is 115. The summed E-state index contributed by atoms with van der Waals surface area (Å²) in [4.78, 5) is 179. The van der Waals surface area contributed by atoms with E-state index in [4.69, 9.17) is 100 Å². The number of rotatable bonds is 64. The fraction of sp³-hybridized carbons (Fsp3) is 0.835. The summed E-state index contributed by atoms with van der Waals surface area (Å²) >= 11 is 0. The van der Waals surface area contributed by atoms with E-state index in [9.17, 15) is 67.1 Å². The Kier molecular flexibility index (Phi) is 56.2. The molecule has 4 fully saturated rings. The fourth-order valence-corrected chi connectivity index (χ4v) is 14.4. The van der Waals surface area contributed by atoms with Gasteiger partial charge in [0.25, 0.3) is 0 Å². The number of nitrogens with one attached hydrogen (secondary N) is 8. The van der Waals surface area contributed by atoms with E-state index in [-0.39, 0.29) is 262 Å². The molecule has 4 heterocycles. The largest absolute Gasteiger partial charge is 0.463 e. The lowest BCUT2D eigenvalue weighted by Gasteiger charge is -2.44. The minimum Gasteiger partial charge on any atom is -0.463 e. The summed E-state index contributed by atoms with van der Waals surface area (Å²) in [5, 5.41) is 22.2. The van der Waals surface area contributed by atoms with E-state index in [0.29, 0.717) is 0 Å². The average Bonchev–Trinajstić information content (AvgIpc) is 0.823. The van der Waals surface area contributed by atoms with E-state index in [1.54, 1.807) is 0 Å². The normalized spacial score (nSPS) is 25.6. The molecule has 4 saturated heterocycles. The van der Waals surface area contributed by atoms with E-state index in [1.807, 2.05) is 55.4 Å². The van der Waals surface area contributed by atoms with E-state index in [1.165, 1.54) is 55.4 Å². The fourth-order valence-electron chi connectivity index (χ4n) is 14.4. The van der Waals surface area contributed by atoms with Crippen molar-refractivity contribution >= 4 is 82.9 Å². The van der Waals surface area contributed by atoms with Crippen LogP contribution in [0, 0.1) is 47.3 Å². The van der Waals surface area contributed by atoms with Crippen LogP contribution < -0.4 is 48.3 Å². The Labute approximate surface area is 761 Å². The second-order valence-corrected chi connectivity index (χ2v) is 32.5. The molecule has 4 aliphatic heterocycles. The monoisotopic (exact) mass is 1870 g/mol. The van der Waals surface area contributed by atoms with Crippen LogP contribution >= 0.6 is 0 Å². The van der Waals surface area contributed by atoms with E-state index < -0.39 is 172 Å². The highest BCUT2D eigenvalue weighted by Crippen LogP contribution is 2.36. The third-order valence-corrected chi connectivity index (χ3v) is 22.4. The molecule has 10 N–H and O–H groups in total. The van der Waals surface area contributed by atoms with Gasteiger partial charge in [-0.1, -0.05) is 55.4 Å². The number of amides is 10. The first-order valence-electron chi connectivity index (χ1n) is 44.6. The zero-order chi connectivity index (χ0) is 96.2. The van der Waals surface area contributed by atoms with Gasteiger partial charge in [0.1, 0.15) is 52.6 Å². The first-order chi connectivity index (χ1) is 61.9. The van der Waals surface area contributed by atoms with Crippen molar-refractivity contribution in [1.29, 1.82) is 0 Å². The molecule has 0 bridgehead atoms. The van der Waals surface area contributed by atoms with E-state index in [2.05, 4.69) is 42.5 Å². The van der Waals surface area contributed by atoms with Gasteiger partial charge in [0.05, 0.1) is 187 Å². The molecule has 4 rings (SSSR count). The predicted octanol–water partition coefficient (Wildman–Crippen LogP) is -2.33. The minimum absolute atomic E-state index is 0.00371. The number of ether oxygens (including phenoxy) is 20. The summed E-state index contributed by atoms with van der Waals surface area (Å²) in [6.45, 7) is 25.2. The van der Waals surface area contributed by atoms with Gasteiger partial charge in [-0.05, 0) is 53.8 Å². The molecule has 45 heteroatoms. The number of nitrogens with zero attached hydrogens (tertiary/aromatic N) is 2. The molecule has 0 spiro atoms. The molecule has 0 aromatic rings. The number of esters is 4. The number of carbonyl (C=O) groups excluding carboxylic acids is 14. The highest BCUT2D eigenvalue weighted by atomic mass is 16.7. The standard InChI is InChI=1S/C85H147N11O34/c1-51-55(5)77(91-59(9)97)82(127-68(51)47-123-63(13)101)119-39-35-115-31-27-111-23-19-87-72(105)43-95(44-73(106)88-20-24-112-28-32-116-36-40-120-83-78(92-60(10)98)56(6)52(2)69(128-83)48-124-64(14)102)76(109)18-17-67(86)81(110)96(45-74(107)89-21-25-113-29-33-117-37-41-121-84-79(93-61(11)99)57(7)53(3)70(129-84)49-125-65(15)103)46-75(108)90-22-26-114-30-34-118-38-42-122-85-80(94-62(12)100)58(8)54(4)71(130-85)50-126-66(16)104/h51-58,67-71,77-80,82-85H,17-50,86H2,1-16H3,(H,87,105)(H,88,106)(H,89,107)(H,90,108)(H,91,97)(H,92,98)(H,93,99)(H,94,100). The molecule has 0 aromatic heterocycles. The zero-order valence-electron chi connectivity index (χ0n) is 78.5. The van der Waals surface area contributed by atoms with Gasteiger partial charge in [0.2, 0.25) is 59.1 Å². The Morgan fingerprint density at radius 3 is 0.715 bits per heavy atom. The SMILES string of the molecule is CC(=O)NC1C(OCCOCCOCCNC(=O)CN(CC(=O)NCCOCCOCCOC2OC(COC(C)=O)C(C)C(C)C2NC(C)=O)C(=O)CCC(N)C(=O)N(CC(=O)NCCOCCOCCOC2OC(COC(C)=O)C(C)C(C)C2NC(C)=O)CC(=O)NCCOCCOCCOC2OC(COC(C)=O)C(C)C(C)C2NC(C)=O)OC(COC(C)=O)C(C)C1C. The number of hydrogen-bond acceptors (Lipinski definition) is 35. The van der Waals surface area contributed by atoms with E-state index >= 15 is 0 Å². The van der Waals surface area contributed by atoms with Gasteiger partial charge >= 0.3 is 23.9 Å². The van der Waals surface area contributed by atoms with Crippen molar-refractivity contribution < 1.29 is 162 Å². The quantitative estimate of drug-likeness (QED) is 0.0175. The molecule has 0 radical (unpaired) electrons. The van der Waals surface area contributed by atoms with E-state index in [0.717, 1.165) is 9.80 Å². The van der Waals surface area contributed by atoms with Crippen molar-refractivity contribution in [3.63, 3.8) is 0 Å². The Bertz CT molecular complexity index is 3230. The molecule has 0 saturated carbocycles. The Morgan fingerprint density at radius 1 is 0.292 bits per heavy atom. The van der Waals surface area contributed by atoms with Gasteiger partial charge in [-0.2, -0.15) is 0 Å². The maximum absolute atomic E-state index is 14.3. The molecule has 130 heavy (non-hydrogen) atoms.